The van der Waals surface area contributed by atoms with E-state index in [9.17, 15) is 4.79 Å². The summed E-state index contributed by atoms with van der Waals surface area (Å²) in [6.45, 7) is 5.38. The normalized spacial score (nSPS) is 28.5. The third-order valence-corrected chi connectivity index (χ3v) is 5.26. The van der Waals surface area contributed by atoms with Gasteiger partial charge in [0.1, 0.15) is 0 Å². The lowest BCUT2D eigenvalue weighted by Crippen LogP contribution is -2.50. The van der Waals surface area contributed by atoms with Gasteiger partial charge in [-0.3, -0.25) is 9.48 Å². The second kappa shape index (κ2) is 6.24. The lowest BCUT2D eigenvalue weighted by molar-refractivity contribution is -0.131. The van der Waals surface area contributed by atoms with Gasteiger partial charge in [0.2, 0.25) is 5.91 Å². The average Bonchev–Trinajstić information content (AvgIpc) is 3.06. The molecule has 1 amide bonds. The van der Waals surface area contributed by atoms with E-state index in [2.05, 4.69) is 28.1 Å². The smallest absolute Gasteiger partial charge is 0.223 e. The zero-order valence-corrected chi connectivity index (χ0v) is 13.4. The molecule has 1 saturated carbocycles. The fourth-order valence-electron chi connectivity index (χ4n) is 4.00. The van der Waals surface area contributed by atoms with Gasteiger partial charge in [-0.2, -0.15) is 5.10 Å². The number of nitrogens with zero attached hydrogens (tertiary/aromatic N) is 3. The van der Waals surface area contributed by atoms with Crippen LogP contribution in [-0.2, 0) is 18.4 Å². The second-order valence-electron chi connectivity index (χ2n) is 6.69. The van der Waals surface area contributed by atoms with Crippen LogP contribution in [0.25, 0.3) is 0 Å². The Bertz CT molecular complexity index is 543. The van der Waals surface area contributed by atoms with E-state index in [4.69, 9.17) is 0 Å². The molecular formula is C17H26N4O. The quantitative estimate of drug-likeness (QED) is 0.846. The Morgan fingerprint density at radius 3 is 2.86 bits per heavy atom. The number of carbonyl (C=O) groups is 1. The molecule has 0 unspecified atom stereocenters. The number of rotatable bonds is 5. The molecular weight excluding hydrogens is 276 g/mol. The summed E-state index contributed by atoms with van der Waals surface area (Å²) in [5.41, 5.74) is 1.34. The maximum absolute atomic E-state index is 12.1. The van der Waals surface area contributed by atoms with Crippen LogP contribution in [0.4, 0.5) is 0 Å². The summed E-state index contributed by atoms with van der Waals surface area (Å²) >= 11 is 0. The Labute approximate surface area is 132 Å². The van der Waals surface area contributed by atoms with Gasteiger partial charge in [0.25, 0.3) is 0 Å². The topological polar surface area (TPSA) is 50.2 Å². The van der Waals surface area contributed by atoms with Crippen molar-refractivity contribution in [1.82, 2.24) is 20.0 Å². The summed E-state index contributed by atoms with van der Waals surface area (Å²) in [7, 11) is 1.94. The monoisotopic (exact) mass is 302 g/mol. The van der Waals surface area contributed by atoms with Gasteiger partial charge in [-0.1, -0.05) is 6.08 Å². The van der Waals surface area contributed by atoms with Crippen LogP contribution in [0.15, 0.2) is 25.0 Å². The number of carbonyl (C=O) groups excluding carboxylic acids is 1. The Morgan fingerprint density at radius 1 is 1.45 bits per heavy atom. The van der Waals surface area contributed by atoms with Crippen LogP contribution >= 0.6 is 0 Å². The minimum absolute atomic E-state index is 0.109. The van der Waals surface area contributed by atoms with Crippen LogP contribution in [-0.4, -0.2) is 38.7 Å². The summed E-state index contributed by atoms with van der Waals surface area (Å²) in [5.74, 6) is 0.307. The van der Waals surface area contributed by atoms with Gasteiger partial charge in [0.15, 0.2) is 0 Å². The summed E-state index contributed by atoms with van der Waals surface area (Å²) in [5, 5.41) is 7.84. The molecule has 0 bridgehead atoms. The molecule has 0 radical (unpaired) electrons. The molecule has 2 fully saturated rings. The van der Waals surface area contributed by atoms with Gasteiger partial charge in [0, 0.05) is 49.9 Å². The Balaban J connectivity index is 1.53. The van der Waals surface area contributed by atoms with E-state index in [1.807, 2.05) is 24.0 Å². The summed E-state index contributed by atoms with van der Waals surface area (Å²) in [6, 6.07) is 0.548. The summed E-state index contributed by atoms with van der Waals surface area (Å²) < 4.78 is 1.84. The number of amides is 1. The Morgan fingerprint density at radius 2 is 2.23 bits per heavy atom. The molecule has 0 atom stereocenters. The highest BCUT2D eigenvalue weighted by atomic mass is 16.2. The van der Waals surface area contributed by atoms with Crippen molar-refractivity contribution >= 4 is 5.91 Å². The molecule has 1 aromatic heterocycles. The maximum atomic E-state index is 12.1. The number of aryl methyl sites for hydroxylation is 1. The standard InChI is InChI=1S/C17H26N4O/c1-3-10-21-16(22)6-9-17(21)7-4-15(5-8-17)18-11-14-12-19-20(2)13-14/h3,12-13,15,18H,1,4-11H2,2H3. The highest BCUT2D eigenvalue weighted by molar-refractivity contribution is 5.80. The number of hydrogen-bond donors (Lipinski definition) is 1. The van der Waals surface area contributed by atoms with Crippen LogP contribution in [0.3, 0.4) is 0 Å². The maximum Gasteiger partial charge on any atom is 0.223 e. The fourth-order valence-corrected chi connectivity index (χ4v) is 4.00. The molecule has 3 rings (SSSR count). The number of hydrogen-bond acceptors (Lipinski definition) is 3. The minimum Gasteiger partial charge on any atom is -0.333 e. The molecule has 1 aliphatic carbocycles. The fraction of sp³-hybridized carbons (Fsp3) is 0.647. The van der Waals surface area contributed by atoms with Gasteiger partial charge in [0.05, 0.1) is 6.20 Å². The van der Waals surface area contributed by atoms with Crippen molar-refractivity contribution in [2.75, 3.05) is 6.54 Å². The lowest BCUT2D eigenvalue weighted by Gasteiger charge is -2.43. The van der Waals surface area contributed by atoms with Gasteiger partial charge < -0.3 is 10.2 Å². The molecule has 1 spiro atoms. The van der Waals surface area contributed by atoms with Crippen molar-refractivity contribution in [2.45, 2.75) is 56.7 Å². The highest BCUT2D eigenvalue weighted by Crippen LogP contribution is 2.42. The molecule has 1 saturated heterocycles. The Hall–Kier alpha value is -1.62. The van der Waals surface area contributed by atoms with Gasteiger partial charge in [-0.15, -0.1) is 6.58 Å². The first-order valence-electron chi connectivity index (χ1n) is 8.25. The first-order chi connectivity index (χ1) is 10.6. The van der Waals surface area contributed by atoms with E-state index >= 15 is 0 Å². The van der Waals surface area contributed by atoms with Gasteiger partial charge >= 0.3 is 0 Å². The number of likely N-dealkylation sites (tertiary alicyclic amines) is 1. The molecule has 1 aromatic rings. The largest absolute Gasteiger partial charge is 0.333 e. The molecule has 0 aromatic carbocycles. The van der Waals surface area contributed by atoms with Crippen molar-refractivity contribution < 1.29 is 4.79 Å². The Kier molecular flexibility index (Phi) is 4.34. The van der Waals surface area contributed by atoms with Crippen LogP contribution in [0.2, 0.25) is 0 Å². The van der Waals surface area contributed by atoms with Crippen molar-refractivity contribution in [2.24, 2.45) is 7.05 Å². The predicted octanol–water partition coefficient (Wildman–Crippen LogP) is 2.00. The number of aromatic nitrogens is 2. The zero-order valence-electron chi connectivity index (χ0n) is 13.4. The van der Waals surface area contributed by atoms with E-state index in [0.29, 0.717) is 24.9 Å². The van der Waals surface area contributed by atoms with Crippen molar-refractivity contribution in [3.05, 3.63) is 30.6 Å². The lowest BCUT2D eigenvalue weighted by atomic mass is 9.77. The van der Waals surface area contributed by atoms with E-state index in [-0.39, 0.29) is 5.54 Å². The molecule has 2 heterocycles. The molecule has 1 N–H and O–H groups in total. The molecule has 2 aliphatic rings. The van der Waals surface area contributed by atoms with E-state index in [0.717, 1.165) is 38.6 Å². The van der Waals surface area contributed by atoms with Gasteiger partial charge in [-0.05, 0) is 32.1 Å². The highest BCUT2D eigenvalue weighted by Gasteiger charge is 2.46. The molecule has 5 heteroatoms. The van der Waals surface area contributed by atoms with Crippen molar-refractivity contribution in [1.29, 1.82) is 0 Å². The first kappa shape index (κ1) is 15.3. The summed E-state index contributed by atoms with van der Waals surface area (Å²) in [4.78, 5) is 14.2. The molecule has 5 nitrogen and oxygen atoms in total. The van der Waals surface area contributed by atoms with Gasteiger partial charge in [-0.25, -0.2) is 0 Å². The third kappa shape index (κ3) is 2.95. The SMILES string of the molecule is C=CCN1C(=O)CCC12CCC(NCc1cnn(C)c1)CC2. The van der Waals surface area contributed by atoms with E-state index in [1.165, 1.54) is 5.56 Å². The summed E-state index contributed by atoms with van der Waals surface area (Å²) in [6.07, 6.45) is 12.1. The van der Waals surface area contributed by atoms with Crippen LogP contribution in [0, 0.1) is 0 Å². The second-order valence-corrected chi connectivity index (χ2v) is 6.69. The predicted molar refractivity (Wildman–Crippen MR) is 86.2 cm³/mol. The van der Waals surface area contributed by atoms with E-state index in [1.54, 1.807) is 0 Å². The van der Waals surface area contributed by atoms with Crippen molar-refractivity contribution in [3.63, 3.8) is 0 Å². The minimum atomic E-state index is 0.109. The number of nitrogens with one attached hydrogen (secondary N) is 1. The van der Waals surface area contributed by atoms with Crippen LogP contribution < -0.4 is 5.32 Å². The van der Waals surface area contributed by atoms with Crippen LogP contribution in [0.1, 0.15) is 44.1 Å². The first-order valence-corrected chi connectivity index (χ1v) is 8.25. The third-order valence-electron chi connectivity index (χ3n) is 5.26. The zero-order chi connectivity index (χ0) is 15.6. The van der Waals surface area contributed by atoms with Crippen molar-refractivity contribution in [3.8, 4) is 0 Å². The molecule has 120 valence electrons. The molecule has 22 heavy (non-hydrogen) atoms. The molecule has 1 aliphatic heterocycles. The average molecular weight is 302 g/mol. The van der Waals surface area contributed by atoms with Crippen LogP contribution in [0.5, 0.6) is 0 Å². The van der Waals surface area contributed by atoms with E-state index < -0.39 is 0 Å².